The van der Waals surface area contributed by atoms with Gasteiger partial charge in [0.2, 0.25) is 0 Å². The van der Waals surface area contributed by atoms with E-state index in [1.54, 1.807) is 36.4 Å². The standard InChI is InChI=1S/C25H21F3O4S/c26-25(27,28)22-8-4-2-5-18(22)13-14-32-23(29)15-17-9-11-20(12-10-17)33-16-19-6-1-3-7-21(19)24(30)31/h1-12H,13-16H2,(H,30,31). The molecule has 0 unspecified atom stereocenters. The third kappa shape index (κ3) is 7.12. The van der Waals surface area contributed by atoms with Crippen molar-refractivity contribution in [1.82, 2.24) is 0 Å². The van der Waals surface area contributed by atoms with Crippen molar-refractivity contribution in [2.75, 3.05) is 6.61 Å². The van der Waals surface area contributed by atoms with Gasteiger partial charge >= 0.3 is 18.1 Å². The lowest BCUT2D eigenvalue weighted by Gasteiger charge is -2.12. The fourth-order valence-corrected chi connectivity index (χ4v) is 4.13. The number of alkyl halides is 3. The zero-order valence-electron chi connectivity index (χ0n) is 17.5. The van der Waals surface area contributed by atoms with Gasteiger partial charge in [0.15, 0.2) is 0 Å². The number of esters is 1. The molecule has 0 saturated carbocycles. The van der Waals surface area contributed by atoms with E-state index in [4.69, 9.17) is 4.74 Å². The molecular formula is C25H21F3O4S. The summed E-state index contributed by atoms with van der Waals surface area (Å²) in [7, 11) is 0. The lowest BCUT2D eigenvalue weighted by atomic mass is 10.0. The molecule has 3 aromatic rings. The largest absolute Gasteiger partial charge is 0.478 e. The number of halogens is 3. The van der Waals surface area contributed by atoms with Crippen LogP contribution in [0.25, 0.3) is 0 Å². The number of benzene rings is 3. The van der Waals surface area contributed by atoms with Crippen molar-refractivity contribution in [3.63, 3.8) is 0 Å². The normalized spacial score (nSPS) is 11.2. The molecule has 3 aromatic carbocycles. The summed E-state index contributed by atoms with van der Waals surface area (Å²) in [6.45, 7) is -0.136. The Hall–Kier alpha value is -3.26. The Morgan fingerprint density at radius 1 is 0.879 bits per heavy atom. The van der Waals surface area contributed by atoms with Crippen LogP contribution in [0.15, 0.2) is 77.7 Å². The van der Waals surface area contributed by atoms with Gasteiger partial charge in [0.05, 0.1) is 24.2 Å². The summed E-state index contributed by atoms with van der Waals surface area (Å²) in [6, 6.07) is 19.2. The summed E-state index contributed by atoms with van der Waals surface area (Å²) in [5, 5.41) is 9.26. The highest BCUT2D eigenvalue weighted by atomic mass is 32.2. The van der Waals surface area contributed by atoms with Gasteiger partial charge < -0.3 is 9.84 Å². The van der Waals surface area contributed by atoms with Crippen LogP contribution in [0.1, 0.15) is 32.6 Å². The first-order valence-corrected chi connectivity index (χ1v) is 11.1. The van der Waals surface area contributed by atoms with E-state index in [1.165, 1.54) is 30.0 Å². The number of hydrogen-bond donors (Lipinski definition) is 1. The Kier molecular flexibility index (Phi) is 8.16. The van der Waals surface area contributed by atoms with Gasteiger partial charge in [-0.2, -0.15) is 13.2 Å². The molecule has 0 amide bonds. The summed E-state index contributed by atoms with van der Waals surface area (Å²) in [6.07, 6.45) is -4.46. The van der Waals surface area contributed by atoms with Gasteiger partial charge in [-0.15, -0.1) is 11.8 Å². The average molecular weight is 475 g/mol. The van der Waals surface area contributed by atoms with E-state index in [2.05, 4.69) is 0 Å². The van der Waals surface area contributed by atoms with Gasteiger partial charge in [-0.25, -0.2) is 4.79 Å². The fourth-order valence-electron chi connectivity index (χ4n) is 3.23. The van der Waals surface area contributed by atoms with Crippen molar-refractivity contribution in [2.24, 2.45) is 0 Å². The molecule has 4 nitrogen and oxygen atoms in total. The molecule has 0 radical (unpaired) electrons. The van der Waals surface area contributed by atoms with E-state index in [0.717, 1.165) is 16.5 Å². The van der Waals surface area contributed by atoms with Gasteiger partial charge in [0.25, 0.3) is 0 Å². The Morgan fingerprint density at radius 2 is 1.52 bits per heavy atom. The number of carbonyl (C=O) groups is 2. The van der Waals surface area contributed by atoms with Crippen molar-refractivity contribution in [3.8, 4) is 0 Å². The van der Waals surface area contributed by atoms with E-state index in [1.807, 2.05) is 12.1 Å². The second-order valence-electron chi connectivity index (χ2n) is 7.20. The first-order valence-electron chi connectivity index (χ1n) is 10.1. The molecule has 0 atom stereocenters. The van der Waals surface area contributed by atoms with E-state index in [9.17, 15) is 27.9 Å². The Labute approximate surface area is 193 Å². The van der Waals surface area contributed by atoms with Crippen molar-refractivity contribution in [2.45, 2.75) is 29.7 Å². The Bertz CT molecular complexity index is 1110. The maximum Gasteiger partial charge on any atom is 0.416 e. The number of rotatable bonds is 9. The van der Waals surface area contributed by atoms with E-state index in [0.29, 0.717) is 11.3 Å². The molecule has 0 fully saturated rings. The minimum atomic E-state index is -4.45. The number of ether oxygens (including phenoxy) is 1. The molecule has 1 N–H and O–H groups in total. The zero-order chi connectivity index (χ0) is 23.8. The quantitative estimate of drug-likeness (QED) is 0.303. The highest BCUT2D eigenvalue weighted by Gasteiger charge is 2.32. The van der Waals surface area contributed by atoms with Crippen molar-refractivity contribution >= 4 is 23.7 Å². The number of carboxylic acid groups (broad SMARTS) is 1. The van der Waals surface area contributed by atoms with Crippen LogP contribution in [0.5, 0.6) is 0 Å². The zero-order valence-corrected chi connectivity index (χ0v) is 18.3. The molecule has 0 aliphatic heterocycles. The molecule has 0 bridgehead atoms. The molecule has 172 valence electrons. The lowest BCUT2D eigenvalue weighted by molar-refractivity contribution is -0.142. The van der Waals surface area contributed by atoms with Crippen LogP contribution in [0.2, 0.25) is 0 Å². The predicted molar refractivity (Wildman–Crippen MR) is 119 cm³/mol. The minimum absolute atomic E-state index is 0.00765. The van der Waals surface area contributed by atoms with E-state index in [-0.39, 0.29) is 30.6 Å². The average Bonchev–Trinajstić information content (AvgIpc) is 2.78. The number of carbonyl (C=O) groups excluding carboxylic acids is 1. The topological polar surface area (TPSA) is 63.6 Å². The van der Waals surface area contributed by atoms with Crippen molar-refractivity contribution in [3.05, 3.63) is 101 Å². The molecule has 0 aliphatic rings. The maximum atomic E-state index is 13.0. The molecule has 8 heteroatoms. The van der Waals surface area contributed by atoms with E-state index >= 15 is 0 Å². The number of aromatic carboxylic acids is 1. The molecule has 0 heterocycles. The van der Waals surface area contributed by atoms with Crippen LogP contribution in [-0.2, 0) is 34.3 Å². The minimum Gasteiger partial charge on any atom is -0.478 e. The second-order valence-corrected chi connectivity index (χ2v) is 8.25. The van der Waals surface area contributed by atoms with Crippen LogP contribution in [0, 0.1) is 0 Å². The van der Waals surface area contributed by atoms with Crippen molar-refractivity contribution < 1.29 is 32.6 Å². The smallest absolute Gasteiger partial charge is 0.416 e. The Balaban J connectivity index is 1.48. The number of carboxylic acids is 1. The molecule has 0 aliphatic carbocycles. The summed E-state index contributed by atoms with van der Waals surface area (Å²) < 4.78 is 44.2. The van der Waals surface area contributed by atoms with Gasteiger partial charge in [0, 0.05) is 17.1 Å². The SMILES string of the molecule is O=C(Cc1ccc(SCc2ccccc2C(=O)O)cc1)OCCc1ccccc1C(F)(F)F. The van der Waals surface area contributed by atoms with Gasteiger partial charge in [-0.05, 0) is 41.0 Å². The third-order valence-electron chi connectivity index (χ3n) is 4.87. The second kappa shape index (κ2) is 11.0. The first kappa shape index (κ1) is 24.4. The number of hydrogen-bond acceptors (Lipinski definition) is 4. The predicted octanol–water partition coefficient (Wildman–Crippen LogP) is 6.02. The highest BCUT2D eigenvalue weighted by molar-refractivity contribution is 7.98. The maximum absolute atomic E-state index is 13.0. The summed E-state index contributed by atoms with van der Waals surface area (Å²) in [5.41, 5.74) is 1.06. The molecule has 0 aromatic heterocycles. The molecule has 0 saturated heterocycles. The van der Waals surface area contributed by atoms with Gasteiger partial charge in [-0.1, -0.05) is 48.5 Å². The summed E-state index contributed by atoms with van der Waals surface area (Å²) in [5.74, 6) is -0.999. The molecule has 3 rings (SSSR count). The van der Waals surface area contributed by atoms with Crippen LogP contribution in [-0.4, -0.2) is 23.7 Å². The van der Waals surface area contributed by atoms with Crippen molar-refractivity contribution in [1.29, 1.82) is 0 Å². The number of thioether (sulfide) groups is 1. The summed E-state index contributed by atoms with van der Waals surface area (Å²) >= 11 is 1.48. The molecule has 0 spiro atoms. The molecule has 33 heavy (non-hydrogen) atoms. The van der Waals surface area contributed by atoms with E-state index < -0.39 is 23.7 Å². The van der Waals surface area contributed by atoms with Crippen LogP contribution < -0.4 is 0 Å². The van der Waals surface area contributed by atoms with Crippen LogP contribution >= 0.6 is 11.8 Å². The fraction of sp³-hybridized carbons (Fsp3) is 0.200. The highest BCUT2D eigenvalue weighted by Crippen LogP contribution is 2.32. The monoisotopic (exact) mass is 474 g/mol. The Morgan fingerprint density at radius 3 is 2.18 bits per heavy atom. The molecular weight excluding hydrogens is 453 g/mol. The lowest BCUT2D eigenvalue weighted by Crippen LogP contribution is -2.13. The summed E-state index contributed by atoms with van der Waals surface area (Å²) in [4.78, 5) is 24.3. The first-order chi connectivity index (χ1) is 15.7. The van der Waals surface area contributed by atoms with Crippen LogP contribution in [0.3, 0.4) is 0 Å². The third-order valence-corrected chi connectivity index (χ3v) is 5.93. The van der Waals surface area contributed by atoms with Gasteiger partial charge in [0.1, 0.15) is 0 Å². The van der Waals surface area contributed by atoms with Gasteiger partial charge in [-0.3, -0.25) is 4.79 Å². The van der Waals surface area contributed by atoms with Crippen LogP contribution in [0.4, 0.5) is 13.2 Å².